The van der Waals surface area contributed by atoms with Crippen LogP contribution in [0.4, 0.5) is 13.2 Å². The first-order valence-electron chi connectivity index (χ1n) is 6.59. The van der Waals surface area contributed by atoms with Gasteiger partial charge in [-0.15, -0.1) is 0 Å². The fourth-order valence-corrected chi connectivity index (χ4v) is 1.84. The monoisotopic (exact) mass is 291 g/mol. The molecule has 2 atom stereocenters. The van der Waals surface area contributed by atoms with Crippen LogP contribution in [-0.4, -0.2) is 24.4 Å². The summed E-state index contributed by atoms with van der Waals surface area (Å²) >= 11 is 0. The molecule has 2 unspecified atom stereocenters. The molecule has 2 N–H and O–H groups in total. The van der Waals surface area contributed by atoms with Gasteiger partial charge in [0.1, 0.15) is 11.6 Å². The molecule has 1 rings (SSSR count). The van der Waals surface area contributed by atoms with Crippen LogP contribution < -0.4 is 10.1 Å². The molecule has 0 amide bonds. The van der Waals surface area contributed by atoms with Gasteiger partial charge in [0.25, 0.3) is 0 Å². The summed E-state index contributed by atoms with van der Waals surface area (Å²) in [6.45, 7) is 1.18. The van der Waals surface area contributed by atoms with Crippen molar-refractivity contribution in [2.75, 3.05) is 6.54 Å². The number of benzene rings is 1. The first-order valence-corrected chi connectivity index (χ1v) is 6.59. The zero-order valence-electron chi connectivity index (χ0n) is 11.6. The Labute approximate surface area is 116 Å². The molecule has 0 saturated carbocycles. The van der Waals surface area contributed by atoms with Gasteiger partial charge < -0.3 is 15.2 Å². The van der Waals surface area contributed by atoms with Gasteiger partial charge in [0.15, 0.2) is 0 Å². The van der Waals surface area contributed by atoms with Crippen molar-refractivity contribution in [1.82, 2.24) is 5.32 Å². The summed E-state index contributed by atoms with van der Waals surface area (Å²) in [5, 5.41) is 12.5. The molecular weight excluding hydrogens is 271 g/mol. The molecule has 0 aliphatic rings. The second-order valence-electron chi connectivity index (χ2n) is 4.59. The molecule has 0 bridgehead atoms. The van der Waals surface area contributed by atoms with E-state index in [1.54, 1.807) is 6.92 Å². The van der Waals surface area contributed by atoms with Crippen LogP contribution in [0, 0.1) is 5.82 Å². The third-order valence-electron chi connectivity index (χ3n) is 3.06. The Bertz CT molecular complexity index is 415. The maximum absolute atomic E-state index is 13.1. The summed E-state index contributed by atoms with van der Waals surface area (Å²) in [4.78, 5) is 0. The van der Waals surface area contributed by atoms with E-state index in [-0.39, 0.29) is 17.9 Å². The topological polar surface area (TPSA) is 41.5 Å². The van der Waals surface area contributed by atoms with E-state index in [0.29, 0.717) is 24.9 Å². The molecule has 0 saturated heterocycles. The maximum atomic E-state index is 13.1. The minimum Gasteiger partial charge on any atom is -0.434 e. The summed E-state index contributed by atoms with van der Waals surface area (Å²) in [7, 11) is 0. The number of aliphatic hydroxyl groups excluding tert-OH is 1. The normalized spacial score (nSPS) is 14.3. The Morgan fingerprint density at radius 3 is 2.65 bits per heavy atom. The maximum Gasteiger partial charge on any atom is 0.387 e. The number of nitrogens with one attached hydrogen (secondary N) is 1. The number of alkyl halides is 2. The summed E-state index contributed by atoms with van der Waals surface area (Å²) in [6.07, 6.45) is 0.832. The van der Waals surface area contributed by atoms with Crippen LogP contribution in [0.25, 0.3) is 0 Å². The van der Waals surface area contributed by atoms with Gasteiger partial charge in [-0.3, -0.25) is 0 Å². The standard InChI is InChI=1S/C14H20F3NO2/c1-3-11(19)6-7-18-9(2)12-5-4-10(15)8-13(12)20-14(16)17/h4-5,8-9,11,14,18-19H,3,6-7H2,1-2H3. The van der Waals surface area contributed by atoms with Gasteiger partial charge in [0, 0.05) is 17.7 Å². The average molecular weight is 291 g/mol. The molecule has 0 heterocycles. The van der Waals surface area contributed by atoms with E-state index in [1.165, 1.54) is 12.1 Å². The van der Waals surface area contributed by atoms with Gasteiger partial charge >= 0.3 is 6.61 Å². The van der Waals surface area contributed by atoms with Crippen molar-refractivity contribution < 1.29 is 23.0 Å². The predicted molar refractivity (Wildman–Crippen MR) is 70.4 cm³/mol. The van der Waals surface area contributed by atoms with Gasteiger partial charge in [-0.2, -0.15) is 8.78 Å². The van der Waals surface area contributed by atoms with Crippen LogP contribution in [0.15, 0.2) is 18.2 Å². The average Bonchev–Trinajstić information content (AvgIpc) is 2.37. The number of ether oxygens (including phenoxy) is 1. The molecule has 1 aromatic carbocycles. The molecule has 0 fully saturated rings. The molecule has 20 heavy (non-hydrogen) atoms. The summed E-state index contributed by atoms with van der Waals surface area (Å²) in [6, 6.07) is 3.28. The minimum atomic E-state index is -3.00. The Morgan fingerprint density at radius 2 is 2.05 bits per heavy atom. The molecule has 0 aliphatic carbocycles. The van der Waals surface area contributed by atoms with Gasteiger partial charge in [-0.25, -0.2) is 4.39 Å². The lowest BCUT2D eigenvalue weighted by molar-refractivity contribution is -0.0508. The van der Waals surface area contributed by atoms with E-state index in [0.717, 1.165) is 6.07 Å². The van der Waals surface area contributed by atoms with Gasteiger partial charge in [0.05, 0.1) is 6.10 Å². The molecule has 0 aliphatic heterocycles. The van der Waals surface area contributed by atoms with Crippen LogP contribution >= 0.6 is 0 Å². The quantitative estimate of drug-likeness (QED) is 0.772. The van der Waals surface area contributed by atoms with Crippen molar-refractivity contribution in [1.29, 1.82) is 0 Å². The van der Waals surface area contributed by atoms with Crippen molar-refractivity contribution in [3.63, 3.8) is 0 Å². The van der Waals surface area contributed by atoms with E-state index >= 15 is 0 Å². The van der Waals surface area contributed by atoms with Crippen molar-refractivity contribution in [2.45, 2.75) is 45.4 Å². The first-order chi connectivity index (χ1) is 9.43. The second kappa shape index (κ2) is 8.11. The Hall–Kier alpha value is -1.27. The van der Waals surface area contributed by atoms with Crippen molar-refractivity contribution in [2.24, 2.45) is 0 Å². The molecule has 0 radical (unpaired) electrons. The fraction of sp³-hybridized carbons (Fsp3) is 0.571. The van der Waals surface area contributed by atoms with Crippen molar-refractivity contribution >= 4 is 0 Å². The molecule has 3 nitrogen and oxygen atoms in total. The third kappa shape index (κ3) is 5.38. The largest absolute Gasteiger partial charge is 0.434 e. The highest BCUT2D eigenvalue weighted by Crippen LogP contribution is 2.27. The second-order valence-corrected chi connectivity index (χ2v) is 4.59. The van der Waals surface area contributed by atoms with Crippen LogP contribution in [0.3, 0.4) is 0 Å². The molecule has 0 spiro atoms. The van der Waals surface area contributed by atoms with E-state index in [4.69, 9.17) is 0 Å². The Balaban J connectivity index is 2.68. The van der Waals surface area contributed by atoms with Crippen LogP contribution in [0.1, 0.15) is 38.3 Å². The van der Waals surface area contributed by atoms with E-state index in [2.05, 4.69) is 10.1 Å². The lowest BCUT2D eigenvalue weighted by atomic mass is 10.1. The number of hydrogen-bond donors (Lipinski definition) is 2. The van der Waals surface area contributed by atoms with Crippen LogP contribution in [0.5, 0.6) is 5.75 Å². The number of hydrogen-bond acceptors (Lipinski definition) is 3. The summed E-state index contributed by atoms with van der Waals surface area (Å²) in [5.41, 5.74) is 0.456. The van der Waals surface area contributed by atoms with Gasteiger partial charge in [-0.1, -0.05) is 13.0 Å². The van der Waals surface area contributed by atoms with Crippen molar-refractivity contribution in [3.05, 3.63) is 29.6 Å². The van der Waals surface area contributed by atoms with E-state index in [1.807, 2.05) is 6.92 Å². The van der Waals surface area contributed by atoms with E-state index < -0.39 is 12.4 Å². The summed E-state index contributed by atoms with van der Waals surface area (Å²) in [5.74, 6) is -0.797. The predicted octanol–water partition coefficient (Wildman–Crippen LogP) is 3.24. The highest BCUT2D eigenvalue weighted by molar-refractivity contribution is 5.36. The van der Waals surface area contributed by atoms with E-state index in [9.17, 15) is 18.3 Å². The zero-order valence-corrected chi connectivity index (χ0v) is 11.6. The highest BCUT2D eigenvalue weighted by atomic mass is 19.3. The molecule has 1 aromatic rings. The fourth-order valence-electron chi connectivity index (χ4n) is 1.84. The van der Waals surface area contributed by atoms with Crippen LogP contribution in [-0.2, 0) is 0 Å². The molecule has 114 valence electrons. The zero-order chi connectivity index (χ0) is 15.1. The molecular formula is C14H20F3NO2. The van der Waals surface area contributed by atoms with Crippen molar-refractivity contribution in [3.8, 4) is 5.75 Å². The Kier molecular flexibility index (Phi) is 6.81. The summed E-state index contributed by atoms with van der Waals surface area (Å²) < 4.78 is 42.0. The van der Waals surface area contributed by atoms with Crippen LogP contribution in [0.2, 0.25) is 0 Å². The number of halogens is 3. The smallest absolute Gasteiger partial charge is 0.387 e. The number of aliphatic hydroxyl groups is 1. The lowest BCUT2D eigenvalue weighted by Gasteiger charge is -2.19. The SMILES string of the molecule is CCC(O)CCNC(C)c1ccc(F)cc1OC(F)F. The minimum absolute atomic E-state index is 0.170. The van der Waals surface area contributed by atoms with Gasteiger partial charge in [0.2, 0.25) is 0 Å². The molecule has 6 heteroatoms. The highest BCUT2D eigenvalue weighted by Gasteiger charge is 2.15. The number of rotatable bonds is 8. The Morgan fingerprint density at radius 1 is 1.35 bits per heavy atom. The first kappa shape index (κ1) is 16.8. The van der Waals surface area contributed by atoms with Gasteiger partial charge in [-0.05, 0) is 32.4 Å². The lowest BCUT2D eigenvalue weighted by Crippen LogP contribution is -2.24. The third-order valence-corrected chi connectivity index (χ3v) is 3.06. The molecule has 0 aromatic heterocycles.